The molecular weight excluding hydrogens is 264 g/mol. The molecule has 0 aliphatic carbocycles. The van der Waals surface area contributed by atoms with Crippen molar-refractivity contribution >= 4 is 23.0 Å². The molecule has 0 atom stereocenters. The molecule has 0 radical (unpaired) electrons. The number of nitrogens with one attached hydrogen (secondary N) is 1. The van der Waals surface area contributed by atoms with E-state index in [0.717, 1.165) is 6.42 Å². The summed E-state index contributed by atoms with van der Waals surface area (Å²) in [5, 5.41) is 14.3. The van der Waals surface area contributed by atoms with Gasteiger partial charge in [0.1, 0.15) is 0 Å². The van der Waals surface area contributed by atoms with E-state index < -0.39 is 4.92 Å². The first-order valence-corrected chi connectivity index (χ1v) is 6.26. The molecule has 2 aromatic carbocycles. The van der Waals surface area contributed by atoms with Gasteiger partial charge in [-0.25, -0.2) is 0 Å². The minimum atomic E-state index is -0.432. The molecule has 0 amide bonds. The summed E-state index contributed by atoms with van der Waals surface area (Å²) in [4.78, 5) is 10.3. The predicted octanol–water partition coefficient (Wildman–Crippen LogP) is 3.90. The molecule has 0 saturated heterocycles. The van der Waals surface area contributed by atoms with Gasteiger partial charge in [-0.1, -0.05) is 41.9 Å². The lowest BCUT2D eigenvalue weighted by Gasteiger charge is -2.08. The lowest BCUT2D eigenvalue weighted by Crippen LogP contribution is -2.05. The minimum absolute atomic E-state index is 0.0339. The molecule has 0 bridgehead atoms. The zero-order valence-electron chi connectivity index (χ0n) is 10.2. The molecule has 0 saturated carbocycles. The number of nitrogens with zero attached hydrogens (tertiary/aromatic N) is 1. The second-order valence-corrected chi connectivity index (χ2v) is 4.49. The molecule has 5 heteroatoms. The summed E-state index contributed by atoms with van der Waals surface area (Å²) in [6, 6.07) is 14.4. The molecule has 0 unspecified atom stereocenters. The summed E-state index contributed by atoms with van der Waals surface area (Å²) in [7, 11) is 0. The highest BCUT2D eigenvalue weighted by Gasteiger charge is 2.09. The number of hydrogen-bond acceptors (Lipinski definition) is 3. The van der Waals surface area contributed by atoms with E-state index in [1.54, 1.807) is 0 Å². The van der Waals surface area contributed by atoms with Crippen LogP contribution in [0.4, 0.5) is 11.4 Å². The number of halogens is 1. The predicted molar refractivity (Wildman–Crippen MR) is 76.7 cm³/mol. The highest BCUT2D eigenvalue weighted by Crippen LogP contribution is 2.26. The van der Waals surface area contributed by atoms with Crippen molar-refractivity contribution in [3.05, 3.63) is 69.2 Å². The number of nitro groups is 1. The third-order valence-electron chi connectivity index (χ3n) is 2.73. The van der Waals surface area contributed by atoms with E-state index in [2.05, 4.69) is 5.32 Å². The second-order valence-electron chi connectivity index (χ2n) is 4.08. The molecule has 0 fully saturated rings. The van der Waals surface area contributed by atoms with Crippen LogP contribution in [0.15, 0.2) is 48.5 Å². The summed E-state index contributed by atoms with van der Waals surface area (Å²) in [6.07, 6.45) is 0.833. The Balaban J connectivity index is 1.99. The topological polar surface area (TPSA) is 55.2 Å². The third kappa shape index (κ3) is 3.69. The van der Waals surface area contributed by atoms with Gasteiger partial charge >= 0.3 is 0 Å². The molecule has 0 aromatic heterocycles. The first kappa shape index (κ1) is 13.4. The number of benzene rings is 2. The molecule has 4 nitrogen and oxygen atoms in total. The molecule has 98 valence electrons. The van der Waals surface area contributed by atoms with Crippen LogP contribution in [0, 0.1) is 10.1 Å². The summed E-state index contributed by atoms with van der Waals surface area (Å²) < 4.78 is 0. The molecular formula is C14H13ClN2O2. The molecule has 0 aliphatic heterocycles. The van der Waals surface area contributed by atoms with Gasteiger partial charge < -0.3 is 5.32 Å². The third-order valence-corrected chi connectivity index (χ3v) is 3.06. The van der Waals surface area contributed by atoms with Gasteiger partial charge in [-0.05, 0) is 18.1 Å². The largest absolute Gasteiger partial charge is 0.383 e. The SMILES string of the molecule is O=[N+]([O-])c1ccc(Cl)c(NCCc2ccccc2)c1. The highest BCUT2D eigenvalue weighted by atomic mass is 35.5. The van der Waals surface area contributed by atoms with Crippen LogP contribution in [-0.2, 0) is 6.42 Å². The number of non-ortho nitro benzene ring substituents is 1. The molecule has 0 aliphatic rings. The van der Waals surface area contributed by atoms with Gasteiger partial charge in [-0.15, -0.1) is 0 Å². The van der Waals surface area contributed by atoms with E-state index in [1.165, 1.54) is 23.8 Å². The maximum absolute atomic E-state index is 10.7. The first-order valence-electron chi connectivity index (χ1n) is 5.88. The van der Waals surface area contributed by atoms with Crippen LogP contribution in [0.1, 0.15) is 5.56 Å². The van der Waals surface area contributed by atoms with Crippen molar-refractivity contribution in [2.75, 3.05) is 11.9 Å². The number of rotatable bonds is 5. The van der Waals surface area contributed by atoms with Gasteiger partial charge in [0.2, 0.25) is 0 Å². The van der Waals surface area contributed by atoms with E-state index in [9.17, 15) is 10.1 Å². The number of anilines is 1. The lowest BCUT2D eigenvalue weighted by atomic mass is 10.1. The Kier molecular flexibility index (Phi) is 4.36. The van der Waals surface area contributed by atoms with Crippen LogP contribution in [0.2, 0.25) is 5.02 Å². The van der Waals surface area contributed by atoms with Gasteiger partial charge in [0.05, 0.1) is 15.6 Å². The van der Waals surface area contributed by atoms with Gasteiger partial charge in [-0.3, -0.25) is 10.1 Å². The first-order chi connectivity index (χ1) is 9.16. The maximum atomic E-state index is 10.7. The van der Waals surface area contributed by atoms with Crippen molar-refractivity contribution < 1.29 is 4.92 Å². The van der Waals surface area contributed by atoms with Gasteiger partial charge in [0, 0.05) is 18.7 Å². The lowest BCUT2D eigenvalue weighted by molar-refractivity contribution is -0.384. The summed E-state index contributed by atoms with van der Waals surface area (Å²) in [5.41, 5.74) is 1.83. The molecule has 1 N–H and O–H groups in total. The normalized spacial score (nSPS) is 10.2. The highest BCUT2D eigenvalue weighted by molar-refractivity contribution is 6.33. The Morgan fingerprint density at radius 1 is 1.16 bits per heavy atom. The van der Waals surface area contributed by atoms with Gasteiger partial charge in [0.15, 0.2) is 0 Å². The van der Waals surface area contributed by atoms with E-state index in [0.29, 0.717) is 17.3 Å². The smallest absolute Gasteiger partial charge is 0.271 e. The molecule has 0 heterocycles. The Morgan fingerprint density at radius 3 is 2.58 bits per heavy atom. The monoisotopic (exact) mass is 276 g/mol. The Labute approximate surface area is 116 Å². The van der Waals surface area contributed by atoms with Crippen molar-refractivity contribution in [1.29, 1.82) is 0 Å². The summed E-state index contributed by atoms with van der Waals surface area (Å²) in [5.74, 6) is 0. The van der Waals surface area contributed by atoms with Gasteiger partial charge in [-0.2, -0.15) is 0 Å². The molecule has 19 heavy (non-hydrogen) atoms. The number of hydrogen-bond donors (Lipinski definition) is 1. The molecule has 2 rings (SSSR count). The Hall–Kier alpha value is -2.07. The Morgan fingerprint density at radius 2 is 1.89 bits per heavy atom. The van der Waals surface area contributed by atoms with Crippen molar-refractivity contribution in [3.63, 3.8) is 0 Å². The minimum Gasteiger partial charge on any atom is -0.383 e. The van der Waals surface area contributed by atoms with Crippen molar-refractivity contribution in [3.8, 4) is 0 Å². The average molecular weight is 277 g/mol. The zero-order chi connectivity index (χ0) is 13.7. The Bertz CT molecular complexity index is 573. The van der Waals surface area contributed by atoms with Crippen LogP contribution in [-0.4, -0.2) is 11.5 Å². The fourth-order valence-electron chi connectivity index (χ4n) is 1.75. The van der Waals surface area contributed by atoms with E-state index >= 15 is 0 Å². The van der Waals surface area contributed by atoms with E-state index in [4.69, 9.17) is 11.6 Å². The fourth-order valence-corrected chi connectivity index (χ4v) is 1.93. The second kappa shape index (κ2) is 6.20. The average Bonchev–Trinajstić information content (AvgIpc) is 2.42. The van der Waals surface area contributed by atoms with Crippen LogP contribution in [0.3, 0.4) is 0 Å². The van der Waals surface area contributed by atoms with Crippen molar-refractivity contribution in [2.45, 2.75) is 6.42 Å². The van der Waals surface area contributed by atoms with Crippen LogP contribution >= 0.6 is 11.6 Å². The molecule has 2 aromatic rings. The van der Waals surface area contributed by atoms with Crippen LogP contribution < -0.4 is 5.32 Å². The van der Waals surface area contributed by atoms with Gasteiger partial charge in [0.25, 0.3) is 5.69 Å². The summed E-state index contributed by atoms with van der Waals surface area (Å²) >= 11 is 6.00. The standard InChI is InChI=1S/C14H13ClN2O2/c15-13-7-6-12(17(18)19)10-14(13)16-9-8-11-4-2-1-3-5-11/h1-7,10,16H,8-9H2. The van der Waals surface area contributed by atoms with Crippen molar-refractivity contribution in [2.24, 2.45) is 0 Å². The maximum Gasteiger partial charge on any atom is 0.271 e. The fraction of sp³-hybridized carbons (Fsp3) is 0.143. The summed E-state index contributed by atoms with van der Waals surface area (Å²) in [6.45, 7) is 0.672. The van der Waals surface area contributed by atoms with E-state index in [1.807, 2.05) is 30.3 Å². The van der Waals surface area contributed by atoms with Crippen molar-refractivity contribution in [1.82, 2.24) is 0 Å². The van der Waals surface area contributed by atoms with E-state index in [-0.39, 0.29) is 5.69 Å². The van der Waals surface area contributed by atoms with Crippen LogP contribution in [0.5, 0.6) is 0 Å². The quantitative estimate of drug-likeness (QED) is 0.665. The van der Waals surface area contributed by atoms with Crippen LogP contribution in [0.25, 0.3) is 0 Å². The molecule has 0 spiro atoms. The number of nitro benzene ring substituents is 1. The zero-order valence-corrected chi connectivity index (χ0v) is 10.9.